The Morgan fingerprint density at radius 1 is 0.972 bits per heavy atom. The van der Waals surface area contributed by atoms with E-state index in [0.29, 0.717) is 34.3 Å². The fourth-order valence-electron chi connectivity index (χ4n) is 3.75. The van der Waals surface area contributed by atoms with Gasteiger partial charge in [0.05, 0.1) is 16.2 Å². The van der Waals surface area contributed by atoms with Crippen LogP contribution >= 0.6 is 0 Å². The highest BCUT2D eigenvalue weighted by Gasteiger charge is 2.35. The average Bonchev–Trinajstić information content (AvgIpc) is 3.42. The Morgan fingerprint density at radius 3 is 2.31 bits per heavy atom. The molecule has 0 radical (unpaired) electrons. The predicted molar refractivity (Wildman–Crippen MR) is 139 cm³/mol. The third-order valence-electron chi connectivity index (χ3n) is 5.58. The van der Waals surface area contributed by atoms with Crippen LogP contribution in [0, 0.1) is 17.0 Å². The molecular weight excluding hydrogens is 456 g/mol. The first kappa shape index (κ1) is 22.6. The lowest BCUT2D eigenvalue weighted by Crippen LogP contribution is -2.33. The molecule has 2 heterocycles. The minimum Gasteiger partial charge on any atom is -0.280 e. The molecule has 0 unspecified atom stereocenters. The largest absolute Gasteiger partial charge is 0.284 e. The van der Waals surface area contributed by atoms with Gasteiger partial charge in [0.1, 0.15) is 11.5 Å². The molecule has 4 aromatic rings. The molecule has 1 aliphatic rings. The highest BCUT2D eigenvalue weighted by atomic mass is 16.6. The van der Waals surface area contributed by atoms with Crippen LogP contribution in [0.15, 0.2) is 101 Å². The summed E-state index contributed by atoms with van der Waals surface area (Å²) in [7, 11) is 0. The lowest BCUT2D eigenvalue weighted by atomic mass is 10.1. The number of nitrogens with one attached hydrogen (secondary N) is 1. The summed E-state index contributed by atoms with van der Waals surface area (Å²) < 4.78 is 0. The number of amidine groups is 1. The quantitative estimate of drug-likeness (QED) is 0.178. The Balaban J connectivity index is 1.55. The van der Waals surface area contributed by atoms with E-state index in [2.05, 4.69) is 20.2 Å². The van der Waals surface area contributed by atoms with Gasteiger partial charge in [-0.25, -0.2) is 9.89 Å². The maximum Gasteiger partial charge on any atom is 0.284 e. The number of benzene rings is 3. The summed E-state index contributed by atoms with van der Waals surface area (Å²) in [4.78, 5) is 34.7. The fourth-order valence-corrected chi connectivity index (χ4v) is 3.75. The summed E-state index contributed by atoms with van der Waals surface area (Å²) in [5.41, 5.74) is 3.74. The number of hydrogen-bond acceptors (Lipinski definition) is 6. The number of amides is 1. The summed E-state index contributed by atoms with van der Waals surface area (Å²) in [5, 5.41) is 18.3. The van der Waals surface area contributed by atoms with E-state index in [1.165, 1.54) is 17.0 Å². The number of carbonyl (C=O) groups excluding carboxylic acids is 1. The van der Waals surface area contributed by atoms with Crippen molar-refractivity contribution in [3.8, 4) is 0 Å². The SMILES string of the molecule is Cc1[nH]nc(N2C(=O)/C(=C/c3ccccc3)N=C2c2ccccc2)c1C=Nc1ccc([N+](=O)[O-])cc1. The number of aromatic nitrogens is 2. The van der Waals surface area contributed by atoms with E-state index in [1.54, 1.807) is 24.4 Å². The van der Waals surface area contributed by atoms with Crippen molar-refractivity contribution < 1.29 is 9.72 Å². The van der Waals surface area contributed by atoms with Gasteiger partial charge in [0.2, 0.25) is 0 Å². The highest BCUT2D eigenvalue weighted by Crippen LogP contribution is 2.30. The predicted octanol–water partition coefficient (Wildman–Crippen LogP) is 5.21. The molecule has 0 saturated carbocycles. The number of non-ortho nitro benzene ring substituents is 1. The maximum atomic E-state index is 13.6. The van der Waals surface area contributed by atoms with Crippen LogP contribution < -0.4 is 4.90 Å². The number of aryl methyl sites for hydroxylation is 1. The van der Waals surface area contributed by atoms with Crippen LogP contribution in [0.1, 0.15) is 22.4 Å². The molecule has 0 aliphatic carbocycles. The van der Waals surface area contributed by atoms with Crippen molar-refractivity contribution in [2.24, 2.45) is 9.98 Å². The number of H-pyrrole nitrogens is 1. The third-order valence-corrected chi connectivity index (χ3v) is 5.58. The van der Waals surface area contributed by atoms with E-state index >= 15 is 0 Å². The summed E-state index contributed by atoms with van der Waals surface area (Å²) in [5.74, 6) is 0.510. The van der Waals surface area contributed by atoms with E-state index in [-0.39, 0.29) is 11.6 Å². The molecule has 0 atom stereocenters. The van der Waals surface area contributed by atoms with Crippen molar-refractivity contribution in [1.82, 2.24) is 10.2 Å². The molecule has 0 spiro atoms. The summed E-state index contributed by atoms with van der Waals surface area (Å²) in [6.07, 6.45) is 3.33. The summed E-state index contributed by atoms with van der Waals surface area (Å²) in [6.45, 7) is 1.83. The number of rotatable bonds is 6. The van der Waals surface area contributed by atoms with Gasteiger partial charge >= 0.3 is 0 Å². The van der Waals surface area contributed by atoms with Crippen LogP contribution in [0.4, 0.5) is 17.2 Å². The van der Waals surface area contributed by atoms with Crippen LogP contribution in [-0.2, 0) is 4.79 Å². The van der Waals surface area contributed by atoms with E-state index in [4.69, 9.17) is 0 Å². The molecule has 176 valence electrons. The molecule has 0 bridgehead atoms. The van der Waals surface area contributed by atoms with Gasteiger partial charge in [-0.3, -0.25) is 25.0 Å². The molecule has 3 aromatic carbocycles. The number of anilines is 1. The third kappa shape index (κ3) is 4.45. The second-order valence-corrected chi connectivity index (χ2v) is 8.00. The zero-order valence-electron chi connectivity index (χ0n) is 19.2. The Bertz CT molecular complexity index is 1520. The fraction of sp³-hybridized carbons (Fsp3) is 0.0370. The van der Waals surface area contributed by atoms with Gasteiger partial charge in [0.15, 0.2) is 5.82 Å². The van der Waals surface area contributed by atoms with E-state index in [0.717, 1.165) is 11.1 Å². The zero-order chi connectivity index (χ0) is 25.1. The first-order chi connectivity index (χ1) is 17.5. The zero-order valence-corrected chi connectivity index (χ0v) is 19.2. The first-order valence-electron chi connectivity index (χ1n) is 11.1. The van der Waals surface area contributed by atoms with Gasteiger partial charge in [-0.1, -0.05) is 60.7 Å². The number of nitrogens with zero attached hydrogens (tertiary/aromatic N) is 5. The number of aliphatic imine (C=N–C) groups is 2. The van der Waals surface area contributed by atoms with Gasteiger partial charge in [-0.2, -0.15) is 5.10 Å². The maximum absolute atomic E-state index is 13.6. The molecule has 1 aromatic heterocycles. The summed E-state index contributed by atoms with van der Waals surface area (Å²) >= 11 is 0. The Kier molecular flexibility index (Phi) is 6.02. The van der Waals surface area contributed by atoms with Crippen LogP contribution in [0.2, 0.25) is 0 Å². The molecule has 0 saturated heterocycles. The second-order valence-electron chi connectivity index (χ2n) is 8.00. The van der Waals surface area contributed by atoms with E-state index in [1.807, 2.05) is 67.6 Å². The Labute approximate surface area is 206 Å². The van der Waals surface area contributed by atoms with Gasteiger partial charge in [0.25, 0.3) is 11.6 Å². The molecule has 9 nitrogen and oxygen atoms in total. The smallest absolute Gasteiger partial charge is 0.280 e. The highest BCUT2D eigenvalue weighted by molar-refractivity contribution is 6.33. The minimum atomic E-state index is -0.462. The minimum absolute atomic E-state index is 0.0155. The van der Waals surface area contributed by atoms with Crippen molar-refractivity contribution in [3.05, 3.63) is 123 Å². The van der Waals surface area contributed by atoms with Crippen LogP contribution in [-0.4, -0.2) is 33.1 Å². The second kappa shape index (κ2) is 9.59. The lowest BCUT2D eigenvalue weighted by molar-refractivity contribution is -0.384. The van der Waals surface area contributed by atoms with Crippen molar-refractivity contribution in [3.63, 3.8) is 0 Å². The van der Waals surface area contributed by atoms with Crippen LogP contribution in [0.25, 0.3) is 6.08 Å². The number of hydrogen-bond donors (Lipinski definition) is 1. The normalized spacial score (nSPS) is 14.6. The molecule has 0 fully saturated rings. The molecule has 9 heteroatoms. The molecular formula is C27H20N6O3. The van der Waals surface area contributed by atoms with Crippen molar-refractivity contribution >= 4 is 41.2 Å². The van der Waals surface area contributed by atoms with Crippen molar-refractivity contribution in [2.75, 3.05) is 4.90 Å². The number of nitro groups is 1. The van der Waals surface area contributed by atoms with Crippen molar-refractivity contribution in [2.45, 2.75) is 6.92 Å². The Morgan fingerprint density at radius 2 is 1.64 bits per heavy atom. The van der Waals surface area contributed by atoms with E-state index < -0.39 is 4.92 Å². The van der Waals surface area contributed by atoms with Gasteiger partial charge in [0, 0.05) is 29.6 Å². The van der Waals surface area contributed by atoms with Gasteiger partial charge in [-0.05, 0) is 30.7 Å². The molecule has 36 heavy (non-hydrogen) atoms. The number of aromatic amines is 1. The lowest BCUT2D eigenvalue weighted by Gasteiger charge is -2.16. The van der Waals surface area contributed by atoms with E-state index in [9.17, 15) is 14.9 Å². The molecule has 5 rings (SSSR count). The van der Waals surface area contributed by atoms with Gasteiger partial charge < -0.3 is 0 Å². The standard InChI is InChI=1S/C27H20N6O3/c1-18-23(17-28-21-12-14-22(15-13-21)33(35)36)26(31-30-18)32-25(20-10-6-3-7-11-20)29-24(27(32)34)16-19-8-4-2-5-9-19/h2-17H,1H3,(H,30,31)/b24-16-,28-17?. The molecule has 1 aliphatic heterocycles. The first-order valence-corrected chi connectivity index (χ1v) is 11.1. The van der Waals surface area contributed by atoms with Crippen molar-refractivity contribution in [1.29, 1.82) is 0 Å². The van der Waals surface area contributed by atoms with Crippen LogP contribution in [0.3, 0.4) is 0 Å². The number of carbonyl (C=O) groups is 1. The summed E-state index contributed by atoms with van der Waals surface area (Å²) in [6, 6.07) is 24.8. The molecule has 1 N–H and O–H groups in total. The molecule has 1 amide bonds. The number of nitro benzene ring substituents is 1. The topological polar surface area (TPSA) is 117 Å². The van der Waals surface area contributed by atoms with Gasteiger partial charge in [-0.15, -0.1) is 0 Å². The monoisotopic (exact) mass is 476 g/mol. The van der Waals surface area contributed by atoms with Crippen LogP contribution in [0.5, 0.6) is 0 Å². The average molecular weight is 476 g/mol. The Hall–Kier alpha value is -5.18.